The lowest BCUT2D eigenvalue weighted by Gasteiger charge is -2.13. The number of carbonyl (C=O) groups is 2. The van der Waals surface area contributed by atoms with Gasteiger partial charge in [0.2, 0.25) is 5.91 Å². The minimum absolute atomic E-state index is 0.244. The molecule has 0 unspecified atom stereocenters. The Labute approximate surface area is 119 Å². The standard InChI is InChI=1S/C10H7F3INO4/c1-5(16)15-9(17)6-3-2-4-7(8(6)19-14)18-10(11,12)13/h2-4H,1H3,(H,15,16,17). The molecule has 19 heavy (non-hydrogen) atoms. The molecule has 0 heterocycles. The van der Waals surface area contributed by atoms with E-state index in [1.807, 2.05) is 5.32 Å². The van der Waals surface area contributed by atoms with E-state index in [1.165, 1.54) is 35.1 Å². The van der Waals surface area contributed by atoms with Crippen LogP contribution in [-0.2, 0) is 4.79 Å². The van der Waals surface area contributed by atoms with E-state index >= 15 is 0 Å². The number of rotatable bonds is 3. The largest absolute Gasteiger partial charge is 0.573 e. The Morgan fingerprint density at radius 2 is 1.95 bits per heavy atom. The topological polar surface area (TPSA) is 64.6 Å². The highest BCUT2D eigenvalue weighted by molar-refractivity contribution is 14.1. The van der Waals surface area contributed by atoms with Crippen molar-refractivity contribution in [2.45, 2.75) is 13.3 Å². The fraction of sp³-hybridized carbons (Fsp3) is 0.200. The highest BCUT2D eigenvalue weighted by Gasteiger charge is 2.33. The highest BCUT2D eigenvalue weighted by Crippen LogP contribution is 2.36. The molecule has 5 nitrogen and oxygen atoms in total. The van der Waals surface area contributed by atoms with Gasteiger partial charge in [0.05, 0.1) is 5.56 Å². The van der Waals surface area contributed by atoms with Gasteiger partial charge in [0, 0.05) is 6.92 Å². The quantitative estimate of drug-likeness (QED) is 0.808. The van der Waals surface area contributed by atoms with Crippen molar-refractivity contribution in [3.05, 3.63) is 23.8 Å². The number of nitrogens with one attached hydrogen (secondary N) is 1. The average Bonchev–Trinajstić information content (AvgIpc) is 2.25. The first-order valence-electron chi connectivity index (χ1n) is 4.74. The summed E-state index contributed by atoms with van der Waals surface area (Å²) in [6.07, 6.45) is -4.92. The van der Waals surface area contributed by atoms with Gasteiger partial charge in [-0.15, -0.1) is 13.2 Å². The third-order valence-corrected chi connectivity index (χ3v) is 2.26. The molecule has 2 amide bonds. The Balaban J connectivity index is 3.16. The molecule has 0 aromatic heterocycles. The maximum absolute atomic E-state index is 12.2. The zero-order valence-corrected chi connectivity index (χ0v) is 11.5. The minimum Gasteiger partial charge on any atom is -0.423 e. The second-order valence-corrected chi connectivity index (χ2v) is 3.71. The number of ether oxygens (including phenoxy) is 1. The maximum atomic E-state index is 12.2. The van der Waals surface area contributed by atoms with Gasteiger partial charge < -0.3 is 7.80 Å². The number of para-hydroxylation sites is 1. The smallest absolute Gasteiger partial charge is 0.423 e. The average molecular weight is 389 g/mol. The summed E-state index contributed by atoms with van der Waals surface area (Å²) in [5.41, 5.74) is -0.244. The van der Waals surface area contributed by atoms with Crippen LogP contribution in [0, 0.1) is 0 Å². The first kappa shape index (κ1) is 15.5. The zero-order valence-electron chi connectivity index (χ0n) is 9.38. The fourth-order valence-electron chi connectivity index (χ4n) is 1.21. The number of halogens is 4. The lowest BCUT2D eigenvalue weighted by Crippen LogP contribution is -2.28. The van der Waals surface area contributed by atoms with Crippen molar-refractivity contribution in [2.75, 3.05) is 0 Å². The number of amides is 2. The van der Waals surface area contributed by atoms with Crippen LogP contribution in [0.3, 0.4) is 0 Å². The third kappa shape index (κ3) is 4.58. The molecule has 0 fully saturated rings. The Morgan fingerprint density at radius 1 is 1.32 bits per heavy atom. The van der Waals surface area contributed by atoms with Crippen LogP contribution in [-0.4, -0.2) is 18.2 Å². The van der Waals surface area contributed by atoms with Crippen LogP contribution in [0.5, 0.6) is 11.5 Å². The number of carbonyl (C=O) groups excluding carboxylic acids is 2. The highest BCUT2D eigenvalue weighted by atomic mass is 127. The zero-order chi connectivity index (χ0) is 14.6. The first-order valence-corrected chi connectivity index (χ1v) is 5.62. The van der Waals surface area contributed by atoms with Gasteiger partial charge in [0.1, 0.15) is 0 Å². The number of alkyl halides is 3. The van der Waals surface area contributed by atoms with E-state index in [9.17, 15) is 22.8 Å². The number of hydrogen-bond acceptors (Lipinski definition) is 4. The van der Waals surface area contributed by atoms with Crippen molar-refractivity contribution in [1.82, 2.24) is 5.32 Å². The summed E-state index contributed by atoms with van der Waals surface area (Å²) in [5, 5.41) is 1.93. The van der Waals surface area contributed by atoms with Gasteiger partial charge >= 0.3 is 6.36 Å². The summed E-state index contributed by atoms with van der Waals surface area (Å²) in [6.45, 7) is 1.10. The normalized spacial score (nSPS) is 10.8. The molecule has 0 radical (unpaired) electrons. The van der Waals surface area contributed by atoms with Gasteiger partial charge in [0.15, 0.2) is 34.5 Å². The van der Waals surface area contributed by atoms with Crippen LogP contribution in [0.2, 0.25) is 0 Å². The van der Waals surface area contributed by atoms with Crippen molar-refractivity contribution in [3.63, 3.8) is 0 Å². The van der Waals surface area contributed by atoms with Gasteiger partial charge in [-0.1, -0.05) is 6.07 Å². The van der Waals surface area contributed by atoms with Crippen LogP contribution in [0.15, 0.2) is 18.2 Å². The molecule has 1 aromatic rings. The van der Waals surface area contributed by atoms with Crippen molar-refractivity contribution < 1.29 is 30.6 Å². The van der Waals surface area contributed by atoms with Crippen molar-refractivity contribution in [3.8, 4) is 11.5 Å². The summed E-state index contributed by atoms with van der Waals surface area (Å²) in [7, 11) is 0. The summed E-state index contributed by atoms with van der Waals surface area (Å²) in [5.74, 6) is -2.62. The van der Waals surface area contributed by atoms with E-state index in [4.69, 9.17) is 3.07 Å². The van der Waals surface area contributed by atoms with Crippen molar-refractivity contribution in [2.24, 2.45) is 0 Å². The SMILES string of the molecule is CC(=O)NC(=O)c1cccc(OC(F)(F)F)c1OI. The predicted molar refractivity (Wildman–Crippen MR) is 65.9 cm³/mol. The Bertz CT molecular complexity index is 504. The minimum atomic E-state index is -4.92. The van der Waals surface area contributed by atoms with Gasteiger partial charge in [0.25, 0.3) is 5.91 Å². The lowest BCUT2D eigenvalue weighted by atomic mass is 10.1. The maximum Gasteiger partial charge on any atom is 0.573 e. The molecule has 0 saturated carbocycles. The summed E-state index contributed by atoms with van der Waals surface area (Å²) in [6, 6.07) is 3.37. The number of hydrogen-bond donors (Lipinski definition) is 1. The first-order chi connectivity index (χ1) is 8.74. The Morgan fingerprint density at radius 3 is 2.42 bits per heavy atom. The Kier molecular flexibility index (Phi) is 4.97. The van der Waals surface area contributed by atoms with Gasteiger partial charge in [-0.3, -0.25) is 14.9 Å². The lowest BCUT2D eigenvalue weighted by molar-refractivity contribution is -0.274. The van der Waals surface area contributed by atoms with E-state index in [1.54, 1.807) is 0 Å². The van der Waals surface area contributed by atoms with E-state index in [-0.39, 0.29) is 5.56 Å². The Hall–Kier alpha value is -1.52. The second-order valence-electron chi connectivity index (χ2n) is 3.27. The van der Waals surface area contributed by atoms with Crippen molar-refractivity contribution in [1.29, 1.82) is 0 Å². The molecule has 0 aliphatic carbocycles. The van der Waals surface area contributed by atoms with Crippen LogP contribution >= 0.6 is 23.0 Å². The van der Waals surface area contributed by atoms with E-state index in [0.717, 1.165) is 13.0 Å². The van der Waals surface area contributed by atoms with Crippen LogP contribution in [0.4, 0.5) is 13.2 Å². The second kappa shape index (κ2) is 6.08. The molecule has 104 valence electrons. The molecule has 1 aromatic carbocycles. The predicted octanol–water partition coefficient (Wildman–Crippen LogP) is 2.59. The molecule has 0 saturated heterocycles. The van der Waals surface area contributed by atoms with E-state index in [2.05, 4.69) is 4.74 Å². The molecule has 0 aliphatic rings. The summed E-state index contributed by atoms with van der Waals surface area (Å²) in [4.78, 5) is 22.4. The van der Waals surface area contributed by atoms with Gasteiger partial charge in [-0.25, -0.2) is 0 Å². The molecular weight excluding hydrogens is 382 g/mol. The molecule has 0 spiro atoms. The third-order valence-electron chi connectivity index (χ3n) is 1.82. The number of benzene rings is 1. The molecule has 0 aliphatic heterocycles. The molecular formula is C10H7F3INO4. The molecule has 0 atom stereocenters. The monoisotopic (exact) mass is 389 g/mol. The molecule has 1 N–H and O–H groups in total. The summed E-state index contributed by atoms with van der Waals surface area (Å²) < 4.78 is 44.9. The fourth-order valence-corrected chi connectivity index (χ4v) is 1.66. The number of imide groups is 1. The molecule has 1 rings (SSSR count). The van der Waals surface area contributed by atoms with E-state index in [0.29, 0.717) is 0 Å². The van der Waals surface area contributed by atoms with Gasteiger partial charge in [-0.05, 0) is 12.1 Å². The van der Waals surface area contributed by atoms with E-state index < -0.39 is 29.7 Å². The molecule has 9 heteroatoms. The van der Waals surface area contributed by atoms with Crippen molar-refractivity contribution >= 4 is 34.8 Å². The van der Waals surface area contributed by atoms with Crippen LogP contribution in [0.25, 0.3) is 0 Å². The molecule has 0 bridgehead atoms. The van der Waals surface area contributed by atoms with Gasteiger partial charge in [-0.2, -0.15) is 0 Å². The summed E-state index contributed by atoms with van der Waals surface area (Å²) >= 11 is 1.31. The van der Waals surface area contributed by atoms with Crippen LogP contribution in [0.1, 0.15) is 17.3 Å². The van der Waals surface area contributed by atoms with Crippen LogP contribution < -0.4 is 13.1 Å².